The van der Waals surface area contributed by atoms with Crippen molar-refractivity contribution in [3.8, 4) is 11.5 Å². The molecule has 0 saturated heterocycles. The Labute approximate surface area is 247 Å². The Bertz CT molecular complexity index is 1490. The van der Waals surface area contributed by atoms with Crippen LogP contribution < -0.4 is 19.1 Å². The van der Waals surface area contributed by atoms with Crippen LogP contribution in [0.15, 0.2) is 71.6 Å². The van der Waals surface area contributed by atoms with E-state index in [2.05, 4.69) is 5.32 Å². The summed E-state index contributed by atoms with van der Waals surface area (Å²) in [6, 6.07) is 15.3. The summed E-state index contributed by atoms with van der Waals surface area (Å²) in [6.07, 6.45) is 0.301. The maximum Gasteiger partial charge on any atom is 0.264 e. The standard InChI is InChI=1S/C31H38FN3O6S/c1-7-27(31(37)33-21(2)3)34(19-23-11-9-8-10-22(23)4)30(36)20-35(25-14-12-24(32)13-15-25)42(38,39)26-16-17-28(40-5)29(18-26)41-6/h8-18,21,27H,7,19-20H2,1-6H3,(H,33,37)/t27-/m0/s1. The van der Waals surface area contributed by atoms with Crippen molar-refractivity contribution in [2.24, 2.45) is 0 Å². The van der Waals surface area contributed by atoms with E-state index in [-0.39, 0.29) is 34.8 Å². The van der Waals surface area contributed by atoms with Crippen molar-refractivity contribution in [1.82, 2.24) is 10.2 Å². The highest BCUT2D eigenvalue weighted by Gasteiger charge is 2.34. The minimum Gasteiger partial charge on any atom is -0.493 e. The average Bonchev–Trinajstić information content (AvgIpc) is 2.96. The van der Waals surface area contributed by atoms with Crippen LogP contribution in [0, 0.1) is 12.7 Å². The number of carbonyl (C=O) groups is 2. The summed E-state index contributed by atoms with van der Waals surface area (Å²) in [5.74, 6) is -0.997. The third-order valence-corrected chi connectivity index (χ3v) is 8.53. The van der Waals surface area contributed by atoms with Gasteiger partial charge >= 0.3 is 0 Å². The first-order chi connectivity index (χ1) is 19.9. The second kappa shape index (κ2) is 14.2. The van der Waals surface area contributed by atoms with Gasteiger partial charge < -0.3 is 19.7 Å². The Morgan fingerprint density at radius 1 is 0.952 bits per heavy atom. The SMILES string of the molecule is CC[C@@H](C(=O)NC(C)C)N(Cc1ccccc1C)C(=O)CN(c1ccc(F)cc1)S(=O)(=O)c1ccc(OC)c(OC)c1. The van der Waals surface area contributed by atoms with Gasteiger partial charge in [0.1, 0.15) is 18.4 Å². The van der Waals surface area contributed by atoms with E-state index in [1.54, 1.807) is 6.92 Å². The van der Waals surface area contributed by atoms with Gasteiger partial charge in [0.15, 0.2) is 11.5 Å². The Morgan fingerprint density at radius 3 is 2.17 bits per heavy atom. The van der Waals surface area contributed by atoms with Crippen molar-refractivity contribution >= 4 is 27.5 Å². The lowest BCUT2D eigenvalue weighted by Crippen LogP contribution is -2.53. The molecule has 0 aliphatic rings. The third kappa shape index (κ3) is 7.58. The van der Waals surface area contributed by atoms with Crippen LogP contribution in [0.4, 0.5) is 10.1 Å². The highest BCUT2D eigenvalue weighted by Crippen LogP contribution is 2.32. The number of sulfonamides is 1. The number of amides is 2. The van der Waals surface area contributed by atoms with Crippen molar-refractivity contribution in [3.63, 3.8) is 0 Å². The van der Waals surface area contributed by atoms with E-state index in [0.717, 1.165) is 27.6 Å². The molecule has 0 aliphatic carbocycles. The van der Waals surface area contributed by atoms with E-state index in [1.165, 1.54) is 49.5 Å². The van der Waals surface area contributed by atoms with Crippen LogP contribution in [0.2, 0.25) is 0 Å². The molecule has 1 N–H and O–H groups in total. The largest absolute Gasteiger partial charge is 0.493 e. The van der Waals surface area contributed by atoms with Crippen molar-refractivity contribution in [2.45, 2.75) is 57.6 Å². The van der Waals surface area contributed by atoms with Gasteiger partial charge in [-0.1, -0.05) is 31.2 Å². The van der Waals surface area contributed by atoms with Gasteiger partial charge in [0.25, 0.3) is 10.0 Å². The van der Waals surface area contributed by atoms with E-state index in [1.807, 2.05) is 45.0 Å². The molecule has 0 radical (unpaired) electrons. The molecule has 0 saturated carbocycles. The van der Waals surface area contributed by atoms with Gasteiger partial charge in [-0.05, 0) is 74.7 Å². The molecule has 0 heterocycles. The fraction of sp³-hybridized carbons (Fsp3) is 0.355. The summed E-state index contributed by atoms with van der Waals surface area (Å²) < 4.78 is 53.4. The van der Waals surface area contributed by atoms with Crippen molar-refractivity contribution < 1.29 is 31.9 Å². The summed E-state index contributed by atoms with van der Waals surface area (Å²) in [7, 11) is -1.57. The molecule has 0 fully saturated rings. The third-order valence-electron chi connectivity index (χ3n) is 6.76. The number of methoxy groups -OCH3 is 2. The van der Waals surface area contributed by atoms with Crippen molar-refractivity contribution in [2.75, 3.05) is 25.1 Å². The van der Waals surface area contributed by atoms with Gasteiger partial charge in [-0.15, -0.1) is 0 Å². The predicted octanol–water partition coefficient (Wildman–Crippen LogP) is 4.68. The number of rotatable bonds is 13. The lowest BCUT2D eigenvalue weighted by molar-refractivity contribution is -0.140. The number of carbonyl (C=O) groups excluding carboxylic acids is 2. The molecule has 3 rings (SSSR count). The molecule has 0 spiro atoms. The topological polar surface area (TPSA) is 105 Å². The van der Waals surface area contributed by atoms with Crippen LogP contribution >= 0.6 is 0 Å². The number of nitrogens with one attached hydrogen (secondary N) is 1. The summed E-state index contributed by atoms with van der Waals surface area (Å²) >= 11 is 0. The molecule has 226 valence electrons. The number of halogens is 1. The van der Waals surface area contributed by atoms with E-state index in [0.29, 0.717) is 12.2 Å². The van der Waals surface area contributed by atoms with Gasteiger partial charge in [-0.25, -0.2) is 12.8 Å². The number of ether oxygens (including phenoxy) is 2. The quantitative estimate of drug-likeness (QED) is 0.306. The Balaban J connectivity index is 2.11. The molecule has 1 atom stereocenters. The molecule has 11 heteroatoms. The minimum atomic E-state index is -4.38. The fourth-order valence-electron chi connectivity index (χ4n) is 4.51. The number of hydrogen-bond donors (Lipinski definition) is 1. The number of hydrogen-bond acceptors (Lipinski definition) is 6. The second-order valence-electron chi connectivity index (χ2n) is 10.0. The van der Waals surface area contributed by atoms with Gasteiger partial charge in [0.05, 0.1) is 24.8 Å². The molecule has 2 amide bonds. The normalized spacial score (nSPS) is 12.0. The molecule has 0 bridgehead atoms. The molecule has 3 aromatic rings. The zero-order valence-corrected chi connectivity index (χ0v) is 25.6. The van der Waals surface area contributed by atoms with E-state index >= 15 is 0 Å². The molecular formula is C31H38FN3O6S. The van der Waals surface area contributed by atoms with Crippen LogP contribution in [-0.2, 0) is 26.2 Å². The maximum absolute atomic E-state index is 14.1. The molecular weight excluding hydrogens is 561 g/mol. The number of benzene rings is 3. The molecule has 3 aromatic carbocycles. The summed E-state index contributed by atoms with van der Waals surface area (Å²) in [5.41, 5.74) is 1.82. The van der Waals surface area contributed by atoms with Crippen molar-refractivity contribution in [1.29, 1.82) is 0 Å². The monoisotopic (exact) mass is 599 g/mol. The first kappa shape index (κ1) is 32.4. The second-order valence-corrected chi connectivity index (χ2v) is 11.9. The highest BCUT2D eigenvalue weighted by molar-refractivity contribution is 7.92. The first-order valence-electron chi connectivity index (χ1n) is 13.6. The van der Waals surface area contributed by atoms with Gasteiger partial charge in [-0.2, -0.15) is 0 Å². The number of nitrogens with zero attached hydrogens (tertiary/aromatic N) is 2. The van der Waals surface area contributed by atoms with E-state index in [9.17, 15) is 22.4 Å². The smallest absolute Gasteiger partial charge is 0.264 e. The zero-order valence-electron chi connectivity index (χ0n) is 24.8. The maximum atomic E-state index is 14.1. The number of anilines is 1. The first-order valence-corrected chi connectivity index (χ1v) is 15.0. The van der Waals surface area contributed by atoms with Crippen LogP contribution in [-0.4, -0.2) is 58.0 Å². The number of aryl methyl sites for hydroxylation is 1. The van der Waals surface area contributed by atoms with E-state index in [4.69, 9.17) is 9.47 Å². The van der Waals surface area contributed by atoms with Crippen LogP contribution in [0.3, 0.4) is 0 Å². The Morgan fingerprint density at radius 2 is 1.60 bits per heavy atom. The van der Waals surface area contributed by atoms with Crippen molar-refractivity contribution in [3.05, 3.63) is 83.7 Å². The van der Waals surface area contributed by atoms with E-state index < -0.39 is 34.3 Å². The van der Waals surface area contributed by atoms with Crippen LogP contribution in [0.1, 0.15) is 38.3 Å². The van der Waals surface area contributed by atoms with Crippen LogP contribution in [0.25, 0.3) is 0 Å². The molecule has 0 aromatic heterocycles. The highest BCUT2D eigenvalue weighted by atomic mass is 32.2. The van der Waals surface area contributed by atoms with Gasteiger partial charge in [0, 0.05) is 18.7 Å². The Kier molecular flexibility index (Phi) is 10.9. The van der Waals surface area contributed by atoms with Crippen LogP contribution in [0.5, 0.6) is 11.5 Å². The summed E-state index contributed by atoms with van der Waals surface area (Å²) in [4.78, 5) is 28.6. The lowest BCUT2D eigenvalue weighted by Gasteiger charge is -2.34. The average molecular weight is 600 g/mol. The fourth-order valence-corrected chi connectivity index (χ4v) is 5.94. The Hall–Kier alpha value is -4.12. The molecule has 0 aliphatic heterocycles. The van der Waals surface area contributed by atoms with Gasteiger partial charge in [-0.3, -0.25) is 13.9 Å². The lowest BCUT2D eigenvalue weighted by atomic mass is 10.1. The molecule has 42 heavy (non-hydrogen) atoms. The molecule has 9 nitrogen and oxygen atoms in total. The summed E-state index contributed by atoms with van der Waals surface area (Å²) in [5, 5.41) is 2.87. The summed E-state index contributed by atoms with van der Waals surface area (Å²) in [6.45, 7) is 6.79. The minimum absolute atomic E-state index is 0.0788. The molecule has 0 unspecified atom stereocenters. The van der Waals surface area contributed by atoms with Gasteiger partial charge in [0.2, 0.25) is 11.8 Å². The predicted molar refractivity (Wildman–Crippen MR) is 160 cm³/mol. The zero-order chi connectivity index (χ0) is 31.0.